The summed E-state index contributed by atoms with van der Waals surface area (Å²) in [4.78, 5) is 93.3. The molecule has 3 unspecified atom stereocenters. The molecule has 0 bridgehead atoms. The number of carbonyl (C=O) groups is 7. The fraction of sp³-hybridized carbons (Fsp3) is 0.806. The van der Waals surface area contributed by atoms with E-state index in [4.69, 9.17) is 33.2 Å². The van der Waals surface area contributed by atoms with Gasteiger partial charge in [0.2, 0.25) is 0 Å². The zero-order chi connectivity index (χ0) is 38.1. The Bertz CT molecular complexity index is 1080. The highest BCUT2D eigenvalue weighted by molar-refractivity contribution is 5.77. The minimum Gasteiger partial charge on any atom is -0.416 e. The lowest BCUT2D eigenvalue weighted by atomic mass is 9.94. The zero-order valence-corrected chi connectivity index (χ0v) is 31.2. The maximum absolute atomic E-state index is 13.7. The Labute approximate surface area is 296 Å². The van der Waals surface area contributed by atoms with Crippen molar-refractivity contribution in [2.24, 2.45) is 0 Å². The average Bonchev–Trinajstić information content (AvgIpc) is 3.05. The highest BCUT2D eigenvalue weighted by Crippen LogP contribution is 2.49. The second kappa shape index (κ2) is 25.3. The van der Waals surface area contributed by atoms with E-state index in [0.29, 0.717) is 44.9 Å². The van der Waals surface area contributed by atoms with Gasteiger partial charge < -0.3 is 33.2 Å². The van der Waals surface area contributed by atoms with Crippen molar-refractivity contribution in [2.75, 3.05) is 0 Å². The Hall–Kier alpha value is -3.71. The summed E-state index contributed by atoms with van der Waals surface area (Å²) in [6.07, 6.45) is 3.91. The molecule has 0 aromatic carbocycles. The summed E-state index contributed by atoms with van der Waals surface area (Å²) >= 11 is 0. The second-order valence-corrected chi connectivity index (χ2v) is 12.0. The molecule has 0 aliphatic rings. The highest BCUT2D eigenvalue weighted by atomic mass is 17.0. The van der Waals surface area contributed by atoms with Gasteiger partial charge in [-0.15, -0.1) is 0 Å². The van der Waals surface area contributed by atoms with Crippen LogP contribution >= 0.6 is 0 Å². The van der Waals surface area contributed by atoms with Gasteiger partial charge in [-0.1, -0.05) is 92.9 Å². The van der Waals surface area contributed by atoms with Gasteiger partial charge in [-0.05, 0) is 32.1 Å². The summed E-state index contributed by atoms with van der Waals surface area (Å²) in [6.45, 7) is 11.3. The number of carbonyl (C=O) groups excluding carboxylic acids is 7. The molecule has 3 atom stereocenters. The van der Waals surface area contributed by atoms with Crippen molar-refractivity contribution in [2.45, 2.75) is 188 Å². The van der Waals surface area contributed by atoms with Gasteiger partial charge in [-0.2, -0.15) is 0 Å². The van der Waals surface area contributed by atoms with Gasteiger partial charge in [0.25, 0.3) is 6.47 Å². The molecule has 0 aromatic heterocycles. The molecule has 14 heteroatoms. The molecule has 0 spiro atoms. The van der Waals surface area contributed by atoms with Gasteiger partial charge in [-0.25, -0.2) is 0 Å². The predicted molar refractivity (Wildman–Crippen MR) is 179 cm³/mol. The van der Waals surface area contributed by atoms with Crippen molar-refractivity contribution in [1.82, 2.24) is 0 Å². The Balaban J connectivity index is 8.45. The molecule has 14 nitrogen and oxygen atoms in total. The van der Waals surface area contributed by atoms with E-state index in [-0.39, 0.29) is 57.8 Å². The zero-order valence-electron chi connectivity index (χ0n) is 31.2. The van der Waals surface area contributed by atoms with Crippen LogP contribution in [0.2, 0.25) is 0 Å². The first-order chi connectivity index (χ1) is 23.8. The van der Waals surface area contributed by atoms with Crippen molar-refractivity contribution in [3.05, 3.63) is 0 Å². The van der Waals surface area contributed by atoms with E-state index in [2.05, 4.69) is 0 Å². The Morgan fingerprint density at radius 2 is 0.920 bits per heavy atom. The van der Waals surface area contributed by atoms with Crippen LogP contribution in [0.15, 0.2) is 0 Å². The van der Waals surface area contributed by atoms with Crippen molar-refractivity contribution in [1.29, 1.82) is 0 Å². The van der Waals surface area contributed by atoms with E-state index < -0.39 is 66.2 Å². The summed E-state index contributed by atoms with van der Waals surface area (Å²) in [5, 5.41) is 0. The number of rotatable bonds is 29. The molecule has 0 amide bonds. The molecular formula is C36H60O14. The number of unbranched alkanes of at least 4 members (excludes halogenated alkanes) is 8. The highest BCUT2D eigenvalue weighted by Gasteiger charge is 2.82. The first-order valence-electron chi connectivity index (χ1n) is 18.2. The molecule has 0 aliphatic heterocycles. The van der Waals surface area contributed by atoms with Crippen molar-refractivity contribution >= 4 is 42.3 Å². The smallest absolute Gasteiger partial charge is 0.416 e. The maximum atomic E-state index is 13.7. The number of hydrogen-bond donors (Lipinski definition) is 0. The quantitative estimate of drug-likeness (QED) is 0.0253. The number of hydrogen-bond acceptors (Lipinski definition) is 14. The van der Waals surface area contributed by atoms with Gasteiger partial charge in [0, 0.05) is 45.4 Å². The van der Waals surface area contributed by atoms with E-state index >= 15 is 0 Å². The van der Waals surface area contributed by atoms with Crippen LogP contribution in [0, 0.1) is 0 Å². The number of ether oxygens (including phenoxy) is 7. The lowest BCUT2D eigenvalue weighted by Crippen LogP contribution is -2.76. The Morgan fingerprint density at radius 1 is 0.480 bits per heavy atom. The molecule has 0 aliphatic carbocycles. The van der Waals surface area contributed by atoms with E-state index in [9.17, 15) is 33.6 Å². The SMILES string of the molecule is CCCCCCC(=O)OC(OC(=O)CCCC)(OC(=O)CCCCC)C(OC(=O)CC)(OC(=O)CCC)C(CCCCC)(OC=O)OC(C)=O. The fourth-order valence-corrected chi connectivity index (χ4v) is 4.95. The lowest BCUT2D eigenvalue weighted by molar-refractivity contribution is -0.497. The lowest BCUT2D eigenvalue weighted by Gasteiger charge is -2.50. The van der Waals surface area contributed by atoms with Crippen molar-refractivity contribution < 1.29 is 66.7 Å². The van der Waals surface area contributed by atoms with Gasteiger partial charge in [0.05, 0.1) is 0 Å². The molecular weight excluding hydrogens is 656 g/mol. The fourth-order valence-electron chi connectivity index (χ4n) is 4.95. The minimum atomic E-state index is -3.60. The van der Waals surface area contributed by atoms with Crippen LogP contribution in [0.5, 0.6) is 0 Å². The summed E-state index contributed by atoms with van der Waals surface area (Å²) in [6, 6.07) is 0. The van der Waals surface area contributed by atoms with Gasteiger partial charge in [-0.3, -0.25) is 33.6 Å². The second-order valence-electron chi connectivity index (χ2n) is 12.0. The van der Waals surface area contributed by atoms with Crippen LogP contribution in [-0.4, -0.2) is 59.8 Å². The summed E-state index contributed by atoms with van der Waals surface area (Å²) in [5.41, 5.74) is 0. The number of esters is 6. The summed E-state index contributed by atoms with van der Waals surface area (Å²) in [5.74, 6) is -16.9. The van der Waals surface area contributed by atoms with Crippen LogP contribution in [0.4, 0.5) is 0 Å². The van der Waals surface area contributed by atoms with E-state index in [0.717, 1.165) is 19.8 Å². The average molecular weight is 717 g/mol. The topological polar surface area (TPSA) is 184 Å². The Kier molecular flexibility index (Phi) is 23.4. The minimum absolute atomic E-state index is 0.0731. The summed E-state index contributed by atoms with van der Waals surface area (Å²) in [7, 11) is 0. The van der Waals surface area contributed by atoms with Gasteiger partial charge in [0.15, 0.2) is 0 Å². The monoisotopic (exact) mass is 716 g/mol. The van der Waals surface area contributed by atoms with E-state index in [1.54, 1.807) is 13.8 Å². The van der Waals surface area contributed by atoms with Gasteiger partial charge in [0.1, 0.15) is 0 Å². The van der Waals surface area contributed by atoms with Crippen LogP contribution in [0.1, 0.15) is 170 Å². The standard InChI is InChI=1S/C36H60O14/c1-8-14-18-20-25-33(43)50-36(48-31(41)23-17-11-4,49-32(42)24-19-15-9-2)35(46-29(39)13-6,47-30(40)22-12-5)34(44-27-37,45-28(7)38)26-21-16-10-3/h27H,8-26H2,1-7H3. The third-order valence-electron chi connectivity index (χ3n) is 7.52. The van der Waals surface area contributed by atoms with Crippen LogP contribution in [-0.2, 0) is 66.7 Å². The third kappa shape index (κ3) is 15.0. The molecule has 0 heterocycles. The van der Waals surface area contributed by atoms with Gasteiger partial charge >= 0.3 is 53.4 Å². The van der Waals surface area contributed by atoms with Crippen LogP contribution in [0.3, 0.4) is 0 Å². The largest absolute Gasteiger partial charge is 0.515 e. The maximum Gasteiger partial charge on any atom is 0.515 e. The predicted octanol–water partition coefficient (Wildman–Crippen LogP) is 7.02. The van der Waals surface area contributed by atoms with Crippen LogP contribution in [0.25, 0.3) is 0 Å². The Morgan fingerprint density at radius 3 is 1.38 bits per heavy atom. The van der Waals surface area contributed by atoms with Crippen molar-refractivity contribution in [3.8, 4) is 0 Å². The first kappa shape index (κ1) is 46.3. The normalized spacial score (nSPS) is 14.5. The summed E-state index contributed by atoms with van der Waals surface area (Å²) < 4.78 is 40.2. The molecule has 0 N–H and O–H groups in total. The third-order valence-corrected chi connectivity index (χ3v) is 7.52. The molecule has 0 aromatic rings. The van der Waals surface area contributed by atoms with Crippen LogP contribution < -0.4 is 0 Å². The van der Waals surface area contributed by atoms with Crippen molar-refractivity contribution in [3.63, 3.8) is 0 Å². The molecule has 50 heavy (non-hydrogen) atoms. The molecule has 0 rings (SSSR count). The molecule has 0 saturated carbocycles. The van der Waals surface area contributed by atoms with E-state index in [1.165, 1.54) is 6.92 Å². The molecule has 288 valence electrons. The molecule has 0 fully saturated rings. The molecule has 0 saturated heterocycles. The van der Waals surface area contributed by atoms with E-state index in [1.807, 2.05) is 20.8 Å². The molecule has 0 radical (unpaired) electrons. The first-order valence-corrected chi connectivity index (χ1v) is 18.2.